The molecule has 4 aromatic rings. The number of rotatable bonds is 7. The molecule has 0 N–H and O–H groups in total. The number of nitrogens with zero attached hydrogens (tertiary/aromatic N) is 5. The normalized spacial score (nSPS) is 15.4. The van der Waals surface area contributed by atoms with Crippen LogP contribution in [0.25, 0.3) is 11.5 Å². The van der Waals surface area contributed by atoms with Crippen LogP contribution in [0.1, 0.15) is 28.8 Å². The predicted octanol–water partition coefficient (Wildman–Crippen LogP) is 3.40. The summed E-state index contributed by atoms with van der Waals surface area (Å²) < 4.78 is 23.8. The number of aromatic nitrogens is 5. The molecule has 9 nitrogen and oxygen atoms in total. The molecular formula is C23H23N5O4. The summed E-state index contributed by atoms with van der Waals surface area (Å²) in [7, 11) is 3.31. The molecule has 2 aromatic carbocycles. The minimum Gasteiger partial charge on any atom is -0.497 e. The van der Waals surface area contributed by atoms with Crippen LogP contribution in [0.15, 0.2) is 53.1 Å². The zero-order valence-electron chi connectivity index (χ0n) is 17.9. The molecule has 1 aliphatic rings. The summed E-state index contributed by atoms with van der Waals surface area (Å²) in [4.78, 5) is 4.52. The molecule has 0 saturated carbocycles. The molecule has 0 aliphatic carbocycles. The number of methoxy groups -OCH3 is 2. The second kappa shape index (κ2) is 8.80. The van der Waals surface area contributed by atoms with E-state index >= 15 is 0 Å². The third-order valence-electron chi connectivity index (χ3n) is 5.55. The van der Waals surface area contributed by atoms with Crippen LogP contribution >= 0.6 is 0 Å². The fraction of sp³-hybridized carbons (Fsp3) is 0.304. The van der Waals surface area contributed by atoms with Crippen molar-refractivity contribution in [2.75, 3.05) is 14.2 Å². The Kier molecular flexibility index (Phi) is 5.55. The van der Waals surface area contributed by atoms with Gasteiger partial charge in [-0.25, -0.2) is 4.68 Å². The van der Waals surface area contributed by atoms with Gasteiger partial charge in [-0.05, 0) is 41.8 Å². The van der Waals surface area contributed by atoms with Gasteiger partial charge >= 0.3 is 0 Å². The number of aryl methyl sites for hydroxylation is 2. The third kappa shape index (κ3) is 4.06. The summed E-state index contributed by atoms with van der Waals surface area (Å²) in [6.45, 7) is 0.936. The van der Waals surface area contributed by atoms with Crippen molar-refractivity contribution in [3.63, 3.8) is 0 Å². The standard InChI is InChI=1S/C23H23N5O4/c1-29-17-8-3-15(4-9-17)5-12-21-24-23(26-32-21)22-19-14-31-20(13-28(19)27-25-22)16-6-10-18(30-2)11-7-16/h3-4,6-11,20H,5,12-14H2,1-2H3/t20-/m1/s1. The van der Waals surface area contributed by atoms with Gasteiger partial charge in [0.2, 0.25) is 11.7 Å². The molecule has 0 fully saturated rings. The van der Waals surface area contributed by atoms with Crippen LogP contribution in [0.4, 0.5) is 0 Å². The van der Waals surface area contributed by atoms with Gasteiger partial charge in [0.05, 0.1) is 33.1 Å². The van der Waals surface area contributed by atoms with E-state index in [1.807, 2.05) is 53.2 Å². The molecule has 1 atom stereocenters. The summed E-state index contributed by atoms with van der Waals surface area (Å²) in [5.74, 6) is 2.64. The van der Waals surface area contributed by atoms with Crippen molar-refractivity contribution in [3.05, 3.63) is 71.2 Å². The smallest absolute Gasteiger partial charge is 0.227 e. The molecule has 0 unspecified atom stereocenters. The Morgan fingerprint density at radius 3 is 2.41 bits per heavy atom. The van der Waals surface area contributed by atoms with Crippen molar-refractivity contribution in [1.82, 2.24) is 25.1 Å². The van der Waals surface area contributed by atoms with Gasteiger partial charge in [-0.2, -0.15) is 4.98 Å². The van der Waals surface area contributed by atoms with Gasteiger partial charge in [-0.3, -0.25) is 0 Å². The maximum Gasteiger partial charge on any atom is 0.227 e. The van der Waals surface area contributed by atoms with Crippen molar-refractivity contribution in [1.29, 1.82) is 0 Å². The Balaban J connectivity index is 1.26. The molecule has 5 rings (SSSR count). The van der Waals surface area contributed by atoms with E-state index in [2.05, 4.69) is 20.5 Å². The third-order valence-corrected chi connectivity index (χ3v) is 5.55. The van der Waals surface area contributed by atoms with E-state index in [9.17, 15) is 0 Å². The van der Waals surface area contributed by atoms with Crippen LogP contribution in [0.3, 0.4) is 0 Å². The second-order valence-electron chi connectivity index (χ2n) is 7.50. The summed E-state index contributed by atoms with van der Waals surface area (Å²) >= 11 is 0. The molecule has 2 aromatic heterocycles. The van der Waals surface area contributed by atoms with Crippen LogP contribution in [-0.4, -0.2) is 39.4 Å². The molecular weight excluding hydrogens is 410 g/mol. The summed E-state index contributed by atoms with van der Waals surface area (Å²) in [5.41, 5.74) is 3.67. The highest BCUT2D eigenvalue weighted by Gasteiger charge is 2.27. The molecule has 0 bridgehead atoms. The molecule has 0 spiro atoms. The van der Waals surface area contributed by atoms with E-state index in [-0.39, 0.29) is 6.10 Å². The summed E-state index contributed by atoms with van der Waals surface area (Å²) in [6.07, 6.45) is 1.32. The lowest BCUT2D eigenvalue weighted by atomic mass is 10.1. The van der Waals surface area contributed by atoms with Gasteiger partial charge < -0.3 is 18.7 Å². The Labute approximate surface area is 184 Å². The van der Waals surface area contributed by atoms with Crippen LogP contribution in [-0.2, 0) is 30.7 Å². The van der Waals surface area contributed by atoms with Crippen LogP contribution < -0.4 is 9.47 Å². The van der Waals surface area contributed by atoms with E-state index in [0.717, 1.165) is 29.2 Å². The SMILES string of the molecule is COc1ccc(CCc2nc(-c3nnn4c3CO[C@@H](c3ccc(OC)cc3)C4)no2)cc1. The van der Waals surface area contributed by atoms with E-state index in [0.29, 0.717) is 37.0 Å². The van der Waals surface area contributed by atoms with Gasteiger partial charge in [0.1, 0.15) is 17.6 Å². The fourth-order valence-electron chi connectivity index (χ4n) is 3.70. The van der Waals surface area contributed by atoms with Crippen LogP contribution in [0, 0.1) is 0 Å². The van der Waals surface area contributed by atoms with Crippen molar-refractivity contribution < 1.29 is 18.7 Å². The average molecular weight is 433 g/mol. The summed E-state index contributed by atoms with van der Waals surface area (Å²) in [5, 5.41) is 12.7. The molecule has 9 heteroatoms. The number of hydrogen-bond acceptors (Lipinski definition) is 8. The van der Waals surface area contributed by atoms with Crippen molar-refractivity contribution in [2.24, 2.45) is 0 Å². The van der Waals surface area contributed by atoms with Crippen molar-refractivity contribution >= 4 is 0 Å². The second-order valence-corrected chi connectivity index (χ2v) is 7.50. The lowest BCUT2D eigenvalue weighted by Gasteiger charge is -2.24. The highest BCUT2D eigenvalue weighted by atomic mass is 16.5. The zero-order valence-corrected chi connectivity index (χ0v) is 17.9. The van der Waals surface area contributed by atoms with Gasteiger partial charge in [0.25, 0.3) is 0 Å². The Morgan fingerprint density at radius 1 is 0.969 bits per heavy atom. The van der Waals surface area contributed by atoms with Crippen LogP contribution in [0.2, 0.25) is 0 Å². The first-order valence-electron chi connectivity index (χ1n) is 10.4. The first-order chi connectivity index (χ1) is 15.7. The van der Waals surface area contributed by atoms with Gasteiger partial charge in [-0.15, -0.1) is 5.10 Å². The number of ether oxygens (including phenoxy) is 3. The number of benzene rings is 2. The fourth-order valence-corrected chi connectivity index (χ4v) is 3.70. The molecule has 164 valence electrons. The van der Waals surface area contributed by atoms with Crippen molar-refractivity contribution in [2.45, 2.75) is 32.1 Å². The highest BCUT2D eigenvalue weighted by Crippen LogP contribution is 2.30. The van der Waals surface area contributed by atoms with Gasteiger partial charge in [0, 0.05) is 6.42 Å². The largest absolute Gasteiger partial charge is 0.497 e. The minimum atomic E-state index is -0.103. The highest BCUT2D eigenvalue weighted by molar-refractivity contribution is 5.51. The van der Waals surface area contributed by atoms with Crippen molar-refractivity contribution in [3.8, 4) is 23.0 Å². The summed E-state index contributed by atoms with van der Waals surface area (Å²) in [6, 6.07) is 15.8. The van der Waals surface area contributed by atoms with Gasteiger partial charge in [-0.1, -0.05) is 34.6 Å². The maximum absolute atomic E-state index is 6.08. The van der Waals surface area contributed by atoms with E-state index in [1.165, 1.54) is 5.56 Å². The molecule has 32 heavy (non-hydrogen) atoms. The van der Waals surface area contributed by atoms with Crippen LogP contribution in [0.5, 0.6) is 11.5 Å². The molecule has 1 aliphatic heterocycles. The molecule has 3 heterocycles. The Bertz CT molecular complexity index is 1180. The molecule has 0 radical (unpaired) electrons. The van der Waals surface area contributed by atoms with E-state index < -0.39 is 0 Å². The average Bonchev–Trinajstić information content (AvgIpc) is 3.49. The predicted molar refractivity (Wildman–Crippen MR) is 114 cm³/mol. The first-order valence-corrected chi connectivity index (χ1v) is 10.4. The zero-order chi connectivity index (χ0) is 21.9. The Morgan fingerprint density at radius 2 is 1.69 bits per heavy atom. The van der Waals surface area contributed by atoms with Gasteiger partial charge in [0.15, 0.2) is 5.69 Å². The molecule has 0 amide bonds. The number of hydrogen-bond donors (Lipinski definition) is 0. The van der Waals surface area contributed by atoms with E-state index in [4.69, 9.17) is 18.7 Å². The molecule has 0 saturated heterocycles. The lowest BCUT2D eigenvalue weighted by Crippen LogP contribution is -2.22. The first kappa shape index (κ1) is 20.2. The number of fused-ring (bicyclic) bond motifs is 1. The maximum atomic E-state index is 6.08. The quantitative estimate of drug-likeness (QED) is 0.437. The lowest BCUT2D eigenvalue weighted by molar-refractivity contribution is -0.00114. The Hall–Kier alpha value is -3.72. The monoisotopic (exact) mass is 433 g/mol. The minimum absolute atomic E-state index is 0.103. The van der Waals surface area contributed by atoms with E-state index in [1.54, 1.807) is 14.2 Å². The topological polar surface area (TPSA) is 97.3 Å².